The Labute approximate surface area is 142 Å². The van der Waals surface area contributed by atoms with Gasteiger partial charge in [0, 0.05) is 6.07 Å². The second-order valence-electron chi connectivity index (χ2n) is 5.25. The number of nitrogens with zero attached hydrogens (tertiary/aromatic N) is 2. The molecule has 130 valence electrons. The van der Waals surface area contributed by atoms with Gasteiger partial charge < -0.3 is 18.3 Å². The van der Waals surface area contributed by atoms with E-state index >= 15 is 0 Å². The minimum atomic E-state index is -0.838. The van der Waals surface area contributed by atoms with E-state index in [4.69, 9.17) is 18.3 Å². The van der Waals surface area contributed by atoms with E-state index in [1.54, 1.807) is 19.9 Å². The number of carbonyl (C=O) groups excluding carboxylic acids is 1. The fourth-order valence-corrected chi connectivity index (χ4v) is 2.26. The van der Waals surface area contributed by atoms with Gasteiger partial charge in [0.05, 0.1) is 18.2 Å². The Bertz CT molecular complexity index is 916. The van der Waals surface area contributed by atoms with Crippen molar-refractivity contribution in [1.82, 2.24) is 10.2 Å². The maximum atomic E-state index is 13.8. The Balaban J connectivity index is 1.68. The molecule has 1 aromatic carbocycles. The molecule has 0 amide bonds. The maximum absolute atomic E-state index is 13.8. The van der Waals surface area contributed by atoms with E-state index in [1.807, 2.05) is 0 Å². The Hall–Kier alpha value is -3.16. The molecule has 0 spiro atoms. The Morgan fingerprint density at radius 2 is 2.00 bits per heavy atom. The summed E-state index contributed by atoms with van der Waals surface area (Å²) < 4.78 is 34.6. The number of carbonyl (C=O) groups is 1. The zero-order valence-electron chi connectivity index (χ0n) is 13.8. The second-order valence-corrected chi connectivity index (χ2v) is 5.25. The third-order valence-electron chi connectivity index (χ3n) is 3.46. The van der Waals surface area contributed by atoms with Crippen LogP contribution in [0.25, 0.3) is 11.5 Å². The predicted octanol–water partition coefficient (Wildman–Crippen LogP) is 3.45. The standard InChI is InChI=1S/C17H15FN2O5/c1-9-6-13(10(2)24-9)16-20-19-15(25-16)8-23-17(21)12-5-4-11(22-3)7-14(12)18/h4-7H,8H2,1-3H3. The van der Waals surface area contributed by atoms with Crippen molar-refractivity contribution in [1.29, 1.82) is 0 Å². The smallest absolute Gasteiger partial charge is 0.341 e. The van der Waals surface area contributed by atoms with Crippen LogP contribution in [-0.4, -0.2) is 23.3 Å². The molecule has 0 aliphatic carbocycles. The van der Waals surface area contributed by atoms with Gasteiger partial charge in [-0.3, -0.25) is 0 Å². The molecule has 0 fully saturated rings. The SMILES string of the molecule is COc1ccc(C(=O)OCc2nnc(-c3cc(C)oc3C)o2)c(F)c1. The summed E-state index contributed by atoms with van der Waals surface area (Å²) in [6.07, 6.45) is 0. The normalized spacial score (nSPS) is 10.7. The molecule has 0 saturated carbocycles. The summed E-state index contributed by atoms with van der Waals surface area (Å²) in [5, 5.41) is 7.70. The van der Waals surface area contributed by atoms with Crippen molar-refractivity contribution in [2.75, 3.05) is 7.11 Å². The number of esters is 1. The molecule has 2 aromatic heterocycles. The van der Waals surface area contributed by atoms with Crippen LogP contribution in [0.2, 0.25) is 0 Å². The minimum absolute atomic E-state index is 0.0931. The number of aryl methyl sites for hydroxylation is 2. The van der Waals surface area contributed by atoms with Gasteiger partial charge in [0.1, 0.15) is 23.1 Å². The molecule has 0 atom stereocenters. The monoisotopic (exact) mass is 346 g/mol. The predicted molar refractivity (Wildman–Crippen MR) is 83.5 cm³/mol. The van der Waals surface area contributed by atoms with Crippen molar-refractivity contribution in [2.24, 2.45) is 0 Å². The van der Waals surface area contributed by atoms with Crippen LogP contribution >= 0.6 is 0 Å². The lowest BCUT2D eigenvalue weighted by Gasteiger charge is -2.05. The molecule has 0 saturated heterocycles. The average molecular weight is 346 g/mol. The van der Waals surface area contributed by atoms with Gasteiger partial charge in [-0.15, -0.1) is 10.2 Å². The summed E-state index contributed by atoms with van der Waals surface area (Å²) in [4.78, 5) is 12.0. The van der Waals surface area contributed by atoms with Gasteiger partial charge in [0.25, 0.3) is 11.8 Å². The topological polar surface area (TPSA) is 87.6 Å². The Kier molecular flexibility index (Phi) is 4.51. The summed E-state index contributed by atoms with van der Waals surface area (Å²) in [5.41, 5.74) is 0.464. The van der Waals surface area contributed by atoms with Gasteiger partial charge >= 0.3 is 5.97 Å². The van der Waals surface area contributed by atoms with E-state index in [-0.39, 0.29) is 24.0 Å². The van der Waals surface area contributed by atoms with Crippen LogP contribution in [0.1, 0.15) is 27.8 Å². The quantitative estimate of drug-likeness (QED) is 0.654. The van der Waals surface area contributed by atoms with Crippen LogP contribution in [0.3, 0.4) is 0 Å². The van der Waals surface area contributed by atoms with Crippen molar-refractivity contribution in [3.8, 4) is 17.2 Å². The van der Waals surface area contributed by atoms with Crippen LogP contribution in [0, 0.1) is 19.7 Å². The number of methoxy groups -OCH3 is 1. The van der Waals surface area contributed by atoms with Gasteiger partial charge in [0.15, 0.2) is 6.61 Å². The number of furan rings is 1. The van der Waals surface area contributed by atoms with Crippen molar-refractivity contribution in [2.45, 2.75) is 20.5 Å². The fraction of sp³-hybridized carbons (Fsp3) is 0.235. The molecule has 0 N–H and O–H groups in total. The summed E-state index contributed by atoms with van der Waals surface area (Å²) in [6.45, 7) is 3.31. The highest BCUT2D eigenvalue weighted by atomic mass is 19.1. The first kappa shape index (κ1) is 16.7. The molecule has 8 heteroatoms. The minimum Gasteiger partial charge on any atom is -0.497 e. The summed E-state index contributed by atoms with van der Waals surface area (Å²) in [6, 6.07) is 5.62. The number of aromatic nitrogens is 2. The van der Waals surface area contributed by atoms with E-state index < -0.39 is 11.8 Å². The number of halogens is 1. The number of ether oxygens (including phenoxy) is 2. The first-order chi connectivity index (χ1) is 12.0. The molecule has 3 aromatic rings. The molecule has 0 radical (unpaired) electrons. The molecule has 2 heterocycles. The number of benzene rings is 1. The molecule has 0 unspecified atom stereocenters. The molecule has 25 heavy (non-hydrogen) atoms. The lowest BCUT2D eigenvalue weighted by molar-refractivity contribution is 0.0433. The largest absolute Gasteiger partial charge is 0.497 e. The van der Waals surface area contributed by atoms with E-state index in [1.165, 1.54) is 19.2 Å². The highest BCUT2D eigenvalue weighted by molar-refractivity contribution is 5.89. The fourth-order valence-electron chi connectivity index (χ4n) is 2.26. The van der Waals surface area contributed by atoms with Crippen molar-refractivity contribution in [3.63, 3.8) is 0 Å². The highest BCUT2D eigenvalue weighted by Crippen LogP contribution is 2.25. The molecule has 0 aliphatic rings. The molecule has 0 bridgehead atoms. The van der Waals surface area contributed by atoms with Gasteiger partial charge in [0.2, 0.25) is 0 Å². The van der Waals surface area contributed by atoms with Gasteiger partial charge in [-0.05, 0) is 32.0 Å². The first-order valence-electron chi connectivity index (χ1n) is 7.38. The van der Waals surface area contributed by atoms with Gasteiger partial charge in [-0.2, -0.15) is 0 Å². The van der Waals surface area contributed by atoms with E-state index in [0.29, 0.717) is 22.8 Å². The third kappa shape index (κ3) is 3.52. The van der Waals surface area contributed by atoms with Crippen molar-refractivity contribution in [3.05, 3.63) is 53.1 Å². The molecule has 7 nitrogen and oxygen atoms in total. The zero-order chi connectivity index (χ0) is 18.0. The summed E-state index contributed by atoms with van der Waals surface area (Å²) in [7, 11) is 1.41. The number of hydrogen-bond acceptors (Lipinski definition) is 7. The summed E-state index contributed by atoms with van der Waals surface area (Å²) in [5.74, 6) is 0.446. The number of hydrogen-bond donors (Lipinski definition) is 0. The number of rotatable bonds is 5. The van der Waals surface area contributed by atoms with Crippen LogP contribution < -0.4 is 4.74 Å². The average Bonchev–Trinajstić information content (AvgIpc) is 3.18. The van der Waals surface area contributed by atoms with Crippen molar-refractivity contribution < 1.29 is 27.5 Å². The Morgan fingerprint density at radius 3 is 2.64 bits per heavy atom. The maximum Gasteiger partial charge on any atom is 0.341 e. The van der Waals surface area contributed by atoms with Gasteiger partial charge in [-0.1, -0.05) is 0 Å². The second kappa shape index (κ2) is 6.76. The van der Waals surface area contributed by atoms with Crippen molar-refractivity contribution >= 4 is 5.97 Å². The third-order valence-corrected chi connectivity index (χ3v) is 3.46. The molecule has 3 rings (SSSR count). The first-order valence-corrected chi connectivity index (χ1v) is 7.38. The van der Waals surface area contributed by atoms with Gasteiger partial charge in [-0.25, -0.2) is 9.18 Å². The highest BCUT2D eigenvalue weighted by Gasteiger charge is 2.18. The lowest BCUT2D eigenvalue weighted by Crippen LogP contribution is -2.08. The lowest BCUT2D eigenvalue weighted by atomic mass is 10.2. The van der Waals surface area contributed by atoms with E-state index in [0.717, 1.165) is 6.07 Å². The Morgan fingerprint density at radius 1 is 1.20 bits per heavy atom. The van der Waals surface area contributed by atoms with E-state index in [2.05, 4.69) is 10.2 Å². The van der Waals surface area contributed by atoms with E-state index in [9.17, 15) is 9.18 Å². The van der Waals surface area contributed by atoms with Crippen LogP contribution in [0.5, 0.6) is 5.75 Å². The molecular weight excluding hydrogens is 331 g/mol. The van der Waals surface area contributed by atoms with Crippen LogP contribution in [-0.2, 0) is 11.3 Å². The zero-order valence-corrected chi connectivity index (χ0v) is 13.8. The van der Waals surface area contributed by atoms with Crippen LogP contribution in [0.4, 0.5) is 4.39 Å². The summed E-state index contributed by atoms with van der Waals surface area (Å²) >= 11 is 0. The van der Waals surface area contributed by atoms with Crippen LogP contribution in [0.15, 0.2) is 33.1 Å². The molecule has 0 aliphatic heterocycles. The molecular formula is C17H15FN2O5.